The van der Waals surface area contributed by atoms with Gasteiger partial charge >= 0.3 is 0 Å². The third-order valence-electron chi connectivity index (χ3n) is 6.78. The molecule has 1 unspecified atom stereocenters. The molecule has 148 valence electrons. The predicted octanol–water partition coefficient (Wildman–Crippen LogP) is 5.42. The molecular weight excluding hydrogens is 336 g/mol. The van der Waals surface area contributed by atoms with E-state index in [2.05, 4.69) is 46.4 Å². The Bertz CT molecular complexity index is 733. The SMILES string of the molecule is C=CC(C)c1c(OC/C=C/C)ccc2c1O[C@@]1(C)CC[C@H](O)C(C)(C)[C@@H]1C2. The van der Waals surface area contributed by atoms with Gasteiger partial charge in [-0.15, -0.1) is 6.58 Å². The second kappa shape index (κ2) is 7.35. The Morgan fingerprint density at radius 3 is 2.78 bits per heavy atom. The van der Waals surface area contributed by atoms with Gasteiger partial charge in [0.1, 0.15) is 23.7 Å². The van der Waals surface area contributed by atoms with Gasteiger partial charge in [0.2, 0.25) is 0 Å². The van der Waals surface area contributed by atoms with Crippen molar-refractivity contribution in [3.63, 3.8) is 0 Å². The van der Waals surface area contributed by atoms with Crippen molar-refractivity contribution in [2.75, 3.05) is 6.61 Å². The monoisotopic (exact) mass is 370 g/mol. The standard InChI is InChI=1S/C24H34O3/c1-7-9-14-26-18-11-10-17-15-19-23(4,5)20(25)12-13-24(19,6)27-22(17)21(18)16(3)8-2/h7-11,16,19-20,25H,2,12-15H2,1,3-6H3/b9-7+/t16?,19-,20-,24-/m0/s1. The van der Waals surface area contributed by atoms with Gasteiger partial charge in [0.25, 0.3) is 0 Å². The summed E-state index contributed by atoms with van der Waals surface area (Å²) in [6.07, 6.45) is 8.23. The van der Waals surface area contributed by atoms with Crippen LogP contribution in [-0.2, 0) is 6.42 Å². The van der Waals surface area contributed by atoms with Gasteiger partial charge in [-0.05, 0) is 50.2 Å². The van der Waals surface area contributed by atoms with Crippen LogP contribution >= 0.6 is 0 Å². The van der Waals surface area contributed by atoms with E-state index in [0.717, 1.165) is 36.3 Å². The van der Waals surface area contributed by atoms with Crippen molar-refractivity contribution in [2.45, 2.75) is 71.5 Å². The minimum atomic E-state index is -0.282. The van der Waals surface area contributed by atoms with Gasteiger partial charge in [-0.1, -0.05) is 45.1 Å². The Labute approximate surface area is 164 Å². The molecule has 0 spiro atoms. The van der Waals surface area contributed by atoms with Crippen molar-refractivity contribution >= 4 is 0 Å². The number of benzene rings is 1. The minimum Gasteiger partial charge on any atom is -0.489 e. The lowest BCUT2D eigenvalue weighted by Crippen LogP contribution is -2.58. The highest BCUT2D eigenvalue weighted by Gasteiger charge is 2.54. The fourth-order valence-corrected chi connectivity index (χ4v) is 4.86. The maximum atomic E-state index is 10.6. The highest BCUT2D eigenvalue weighted by molar-refractivity contribution is 5.55. The Morgan fingerprint density at radius 1 is 1.37 bits per heavy atom. The number of ether oxygens (including phenoxy) is 2. The van der Waals surface area contributed by atoms with E-state index in [1.54, 1.807) is 0 Å². The van der Waals surface area contributed by atoms with Crippen LogP contribution in [0.5, 0.6) is 11.5 Å². The lowest BCUT2D eigenvalue weighted by molar-refractivity contribution is -0.138. The summed E-state index contributed by atoms with van der Waals surface area (Å²) >= 11 is 0. The van der Waals surface area contributed by atoms with Gasteiger partial charge in [0.15, 0.2) is 0 Å². The quantitative estimate of drug-likeness (QED) is 0.703. The number of aliphatic hydroxyl groups is 1. The maximum Gasteiger partial charge on any atom is 0.130 e. The topological polar surface area (TPSA) is 38.7 Å². The Morgan fingerprint density at radius 2 is 2.11 bits per heavy atom. The van der Waals surface area contributed by atoms with E-state index in [1.807, 2.05) is 25.2 Å². The molecule has 1 aromatic carbocycles. The number of fused-ring (bicyclic) bond motifs is 2. The normalized spacial score (nSPS) is 30.1. The zero-order valence-corrected chi connectivity index (χ0v) is 17.4. The molecule has 0 saturated heterocycles. The van der Waals surface area contributed by atoms with Crippen LogP contribution in [0.2, 0.25) is 0 Å². The zero-order chi connectivity index (χ0) is 19.8. The predicted molar refractivity (Wildman–Crippen MR) is 111 cm³/mol. The molecule has 0 amide bonds. The Balaban J connectivity index is 2.06. The highest BCUT2D eigenvalue weighted by Crippen LogP contribution is 2.55. The van der Waals surface area contributed by atoms with Crippen molar-refractivity contribution in [2.24, 2.45) is 11.3 Å². The lowest BCUT2D eigenvalue weighted by Gasteiger charge is -2.55. The van der Waals surface area contributed by atoms with Gasteiger partial charge in [-0.3, -0.25) is 0 Å². The van der Waals surface area contributed by atoms with E-state index < -0.39 is 0 Å². The minimum absolute atomic E-state index is 0.142. The van der Waals surface area contributed by atoms with Crippen LogP contribution in [-0.4, -0.2) is 23.4 Å². The third kappa shape index (κ3) is 3.42. The van der Waals surface area contributed by atoms with Crippen LogP contribution in [0.4, 0.5) is 0 Å². The first-order chi connectivity index (χ1) is 12.7. The average Bonchev–Trinajstić information content (AvgIpc) is 2.63. The molecule has 1 saturated carbocycles. The molecule has 3 rings (SSSR count). The molecule has 1 aliphatic carbocycles. The molecule has 2 aliphatic rings. The van der Waals surface area contributed by atoms with Crippen molar-refractivity contribution in [3.05, 3.63) is 48.1 Å². The van der Waals surface area contributed by atoms with Gasteiger partial charge < -0.3 is 14.6 Å². The molecular formula is C24H34O3. The van der Waals surface area contributed by atoms with E-state index >= 15 is 0 Å². The van der Waals surface area contributed by atoms with E-state index in [0.29, 0.717) is 6.61 Å². The molecule has 27 heavy (non-hydrogen) atoms. The second-order valence-corrected chi connectivity index (χ2v) is 8.92. The number of hydrogen-bond acceptors (Lipinski definition) is 3. The molecule has 1 aromatic rings. The molecule has 1 heterocycles. The molecule has 4 atom stereocenters. The summed E-state index contributed by atoms with van der Waals surface area (Å²) in [4.78, 5) is 0. The van der Waals surface area contributed by atoms with E-state index in [4.69, 9.17) is 9.47 Å². The molecule has 1 N–H and O–H groups in total. The zero-order valence-electron chi connectivity index (χ0n) is 17.4. The molecule has 0 aromatic heterocycles. The lowest BCUT2D eigenvalue weighted by atomic mass is 9.57. The molecule has 0 bridgehead atoms. The van der Waals surface area contributed by atoms with Gasteiger partial charge in [-0.25, -0.2) is 0 Å². The van der Waals surface area contributed by atoms with Crippen molar-refractivity contribution in [1.29, 1.82) is 0 Å². The molecule has 1 aliphatic heterocycles. The summed E-state index contributed by atoms with van der Waals surface area (Å²) < 4.78 is 12.8. The Hall–Kier alpha value is -1.74. The fraction of sp³-hybridized carbons (Fsp3) is 0.583. The van der Waals surface area contributed by atoms with Crippen molar-refractivity contribution in [3.8, 4) is 11.5 Å². The summed E-state index contributed by atoms with van der Waals surface area (Å²) in [6, 6.07) is 4.20. The number of hydrogen-bond donors (Lipinski definition) is 1. The summed E-state index contributed by atoms with van der Waals surface area (Å²) in [5.41, 5.74) is 1.86. The first kappa shape index (κ1) is 20.0. The molecule has 3 nitrogen and oxygen atoms in total. The van der Waals surface area contributed by atoms with E-state index in [1.165, 1.54) is 5.56 Å². The summed E-state index contributed by atoms with van der Waals surface area (Å²) in [5.74, 6) is 2.26. The largest absolute Gasteiger partial charge is 0.489 e. The summed E-state index contributed by atoms with van der Waals surface area (Å²) in [5, 5.41) is 10.6. The smallest absolute Gasteiger partial charge is 0.130 e. The van der Waals surface area contributed by atoms with Crippen LogP contribution in [0.15, 0.2) is 36.9 Å². The van der Waals surface area contributed by atoms with Crippen molar-refractivity contribution < 1.29 is 14.6 Å². The highest BCUT2D eigenvalue weighted by atomic mass is 16.5. The van der Waals surface area contributed by atoms with Crippen LogP contribution in [0.3, 0.4) is 0 Å². The summed E-state index contributed by atoms with van der Waals surface area (Å²) in [6.45, 7) is 15.2. The van der Waals surface area contributed by atoms with Gasteiger partial charge in [0, 0.05) is 17.4 Å². The van der Waals surface area contributed by atoms with Crippen LogP contribution in [0.25, 0.3) is 0 Å². The van der Waals surface area contributed by atoms with Gasteiger partial charge in [0.05, 0.1) is 6.10 Å². The first-order valence-electron chi connectivity index (χ1n) is 10.1. The number of rotatable bonds is 5. The molecule has 0 radical (unpaired) electrons. The van der Waals surface area contributed by atoms with Gasteiger partial charge in [-0.2, -0.15) is 0 Å². The maximum absolute atomic E-state index is 10.6. The third-order valence-corrected chi connectivity index (χ3v) is 6.78. The van der Waals surface area contributed by atoms with Crippen LogP contribution in [0, 0.1) is 11.3 Å². The molecule has 1 fully saturated rings. The van der Waals surface area contributed by atoms with E-state index in [9.17, 15) is 5.11 Å². The van der Waals surface area contributed by atoms with Crippen LogP contribution in [0.1, 0.15) is 64.5 Å². The number of aliphatic hydroxyl groups excluding tert-OH is 1. The second-order valence-electron chi connectivity index (χ2n) is 8.92. The van der Waals surface area contributed by atoms with Crippen LogP contribution < -0.4 is 9.47 Å². The first-order valence-corrected chi connectivity index (χ1v) is 10.1. The summed E-state index contributed by atoms with van der Waals surface area (Å²) in [7, 11) is 0. The molecule has 3 heteroatoms. The average molecular weight is 371 g/mol. The Kier molecular flexibility index (Phi) is 5.45. The van der Waals surface area contributed by atoms with Crippen molar-refractivity contribution in [1.82, 2.24) is 0 Å². The number of allylic oxidation sites excluding steroid dienone is 2. The fourth-order valence-electron chi connectivity index (χ4n) is 4.86. The van der Waals surface area contributed by atoms with E-state index in [-0.39, 0.29) is 29.0 Å².